The van der Waals surface area contributed by atoms with Gasteiger partial charge in [-0.05, 0) is 18.4 Å². The zero-order chi connectivity index (χ0) is 17.4. The molecule has 24 heavy (non-hydrogen) atoms. The van der Waals surface area contributed by atoms with Crippen LogP contribution in [0.2, 0.25) is 0 Å². The standard InChI is InChI=1S/C18H26N2O4/c1-20(2)18(22)16-9-8-15(24-16)12-19-17(21)10-11-23-13-14-6-4-3-5-7-14/h3-7,15-16H,8-13H2,1-2H3,(H,19,21)/t15-,16+/m1/s1. The van der Waals surface area contributed by atoms with E-state index in [-0.39, 0.29) is 24.0 Å². The zero-order valence-electron chi connectivity index (χ0n) is 14.4. The topological polar surface area (TPSA) is 67.9 Å². The van der Waals surface area contributed by atoms with Crippen molar-refractivity contribution in [3.63, 3.8) is 0 Å². The van der Waals surface area contributed by atoms with E-state index in [2.05, 4.69) is 5.32 Å². The summed E-state index contributed by atoms with van der Waals surface area (Å²) in [6, 6.07) is 9.85. The summed E-state index contributed by atoms with van der Waals surface area (Å²) < 4.78 is 11.2. The van der Waals surface area contributed by atoms with E-state index in [4.69, 9.17) is 9.47 Å². The second-order valence-electron chi connectivity index (χ2n) is 6.15. The summed E-state index contributed by atoms with van der Waals surface area (Å²) in [7, 11) is 3.44. The van der Waals surface area contributed by atoms with E-state index in [1.165, 1.54) is 4.90 Å². The highest BCUT2D eigenvalue weighted by Crippen LogP contribution is 2.20. The smallest absolute Gasteiger partial charge is 0.251 e. The number of hydrogen-bond donors (Lipinski definition) is 1. The van der Waals surface area contributed by atoms with Crippen LogP contribution in [-0.2, 0) is 25.7 Å². The molecule has 0 spiro atoms. The van der Waals surface area contributed by atoms with Crippen LogP contribution in [0.5, 0.6) is 0 Å². The predicted molar refractivity (Wildman–Crippen MR) is 90.3 cm³/mol. The quantitative estimate of drug-likeness (QED) is 0.729. The summed E-state index contributed by atoms with van der Waals surface area (Å²) in [5.74, 6) is -0.0767. The second-order valence-corrected chi connectivity index (χ2v) is 6.15. The molecule has 2 amide bonds. The summed E-state index contributed by atoms with van der Waals surface area (Å²) >= 11 is 0. The van der Waals surface area contributed by atoms with E-state index in [9.17, 15) is 9.59 Å². The normalized spacial score (nSPS) is 19.9. The summed E-state index contributed by atoms with van der Waals surface area (Å²) in [6.45, 7) is 1.33. The molecular weight excluding hydrogens is 308 g/mol. The van der Waals surface area contributed by atoms with Crippen LogP contribution >= 0.6 is 0 Å². The Morgan fingerprint density at radius 2 is 2.00 bits per heavy atom. The first-order valence-electron chi connectivity index (χ1n) is 8.31. The lowest BCUT2D eigenvalue weighted by Crippen LogP contribution is -2.36. The molecule has 1 aliphatic heterocycles. The molecule has 2 atom stereocenters. The van der Waals surface area contributed by atoms with Crippen molar-refractivity contribution in [1.29, 1.82) is 0 Å². The molecule has 2 rings (SSSR count). The monoisotopic (exact) mass is 334 g/mol. The van der Waals surface area contributed by atoms with E-state index in [0.29, 0.717) is 32.6 Å². The molecule has 6 nitrogen and oxygen atoms in total. The summed E-state index contributed by atoms with van der Waals surface area (Å²) in [6.07, 6.45) is 1.34. The van der Waals surface area contributed by atoms with Crippen LogP contribution in [-0.4, -0.2) is 56.2 Å². The molecule has 0 saturated carbocycles. The number of amides is 2. The Morgan fingerprint density at radius 1 is 1.25 bits per heavy atom. The maximum atomic E-state index is 11.8. The van der Waals surface area contributed by atoms with Crippen LogP contribution < -0.4 is 5.32 Å². The van der Waals surface area contributed by atoms with Crippen molar-refractivity contribution in [2.75, 3.05) is 27.2 Å². The van der Waals surface area contributed by atoms with Gasteiger partial charge in [0, 0.05) is 27.1 Å². The molecule has 0 bridgehead atoms. The number of likely N-dealkylation sites (N-methyl/N-ethyl adjacent to an activating group) is 1. The molecule has 0 aromatic heterocycles. The molecule has 1 aromatic carbocycles. The molecule has 0 unspecified atom stereocenters. The Balaban J connectivity index is 1.56. The number of rotatable bonds is 8. The van der Waals surface area contributed by atoms with Gasteiger partial charge in [0.25, 0.3) is 5.91 Å². The average molecular weight is 334 g/mol. The van der Waals surface area contributed by atoms with Crippen LogP contribution in [0.1, 0.15) is 24.8 Å². The lowest BCUT2D eigenvalue weighted by atomic mass is 10.2. The van der Waals surface area contributed by atoms with Gasteiger partial charge in [-0.3, -0.25) is 9.59 Å². The molecular formula is C18H26N2O4. The molecule has 1 aliphatic rings. The lowest BCUT2D eigenvalue weighted by molar-refractivity contribution is -0.140. The third-order valence-electron chi connectivity index (χ3n) is 3.94. The molecule has 1 heterocycles. The highest BCUT2D eigenvalue weighted by Gasteiger charge is 2.31. The summed E-state index contributed by atoms with van der Waals surface area (Å²) in [5, 5.41) is 2.84. The van der Waals surface area contributed by atoms with Gasteiger partial charge >= 0.3 is 0 Å². The first-order chi connectivity index (χ1) is 11.6. The van der Waals surface area contributed by atoms with Crippen LogP contribution in [0.25, 0.3) is 0 Å². The lowest BCUT2D eigenvalue weighted by Gasteiger charge is -2.17. The van der Waals surface area contributed by atoms with E-state index in [1.807, 2.05) is 30.3 Å². The number of benzene rings is 1. The van der Waals surface area contributed by atoms with Crippen molar-refractivity contribution >= 4 is 11.8 Å². The van der Waals surface area contributed by atoms with Crippen molar-refractivity contribution < 1.29 is 19.1 Å². The van der Waals surface area contributed by atoms with Crippen LogP contribution in [0, 0.1) is 0 Å². The Labute approximate surface area is 143 Å². The highest BCUT2D eigenvalue weighted by atomic mass is 16.5. The molecule has 1 N–H and O–H groups in total. The second kappa shape index (κ2) is 9.39. The van der Waals surface area contributed by atoms with Gasteiger partial charge in [0.05, 0.1) is 19.3 Å². The maximum absolute atomic E-state index is 11.8. The zero-order valence-corrected chi connectivity index (χ0v) is 14.4. The maximum Gasteiger partial charge on any atom is 0.251 e. The van der Waals surface area contributed by atoms with Crippen LogP contribution in [0.15, 0.2) is 30.3 Å². The van der Waals surface area contributed by atoms with Crippen molar-refractivity contribution in [3.05, 3.63) is 35.9 Å². The fourth-order valence-electron chi connectivity index (χ4n) is 2.57. The molecule has 1 saturated heterocycles. The van der Waals surface area contributed by atoms with Crippen molar-refractivity contribution in [1.82, 2.24) is 10.2 Å². The van der Waals surface area contributed by atoms with Crippen molar-refractivity contribution in [3.8, 4) is 0 Å². The van der Waals surface area contributed by atoms with E-state index in [0.717, 1.165) is 12.0 Å². The van der Waals surface area contributed by atoms with Gasteiger partial charge in [-0.1, -0.05) is 30.3 Å². The molecule has 132 valence electrons. The van der Waals surface area contributed by atoms with E-state index < -0.39 is 0 Å². The minimum atomic E-state index is -0.379. The fraction of sp³-hybridized carbons (Fsp3) is 0.556. The van der Waals surface area contributed by atoms with Gasteiger partial charge in [-0.2, -0.15) is 0 Å². The van der Waals surface area contributed by atoms with Crippen LogP contribution in [0.4, 0.5) is 0 Å². The van der Waals surface area contributed by atoms with E-state index in [1.54, 1.807) is 14.1 Å². The molecule has 0 radical (unpaired) electrons. The largest absolute Gasteiger partial charge is 0.376 e. The minimum absolute atomic E-state index is 0.0156. The van der Waals surface area contributed by atoms with E-state index >= 15 is 0 Å². The number of nitrogens with one attached hydrogen (secondary N) is 1. The number of hydrogen-bond acceptors (Lipinski definition) is 4. The van der Waals surface area contributed by atoms with Gasteiger partial charge in [0.15, 0.2) is 0 Å². The average Bonchev–Trinajstić information content (AvgIpc) is 3.06. The number of carbonyl (C=O) groups is 2. The fourth-order valence-corrected chi connectivity index (χ4v) is 2.57. The third-order valence-corrected chi connectivity index (χ3v) is 3.94. The molecule has 6 heteroatoms. The first-order valence-corrected chi connectivity index (χ1v) is 8.31. The first kappa shape index (κ1) is 18.4. The van der Waals surface area contributed by atoms with Gasteiger partial charge < -0.3 is 19.7 Å². The van der Waals surface area contributed by atoms with Crippen molar-refractivity contribution in [2.45, 2.75) is 38.1 Å². The Bertz CT molecular complexity index is 533. The molecule has 1 aromatic rings. The highest BCUT2D eigenvalue weighted by molar-refractivity contribution is 5.80. The van der Waals surface area contributed by atoms with Gasteiger partial charge in [0.1, 0.15) is 6.10 Å². The van der Waals surface area contributed by atoms with Gasteiger partial charge in [-0.15, -0.1) is 0 Å². The van der Waals surface area contributed by atoms with Gasteiger partial charge in [0.2, 0.25) is 5.91 Å². The minimum Gasteiger partial charge on any atom is -0.376 e. The SMILES string of the molecule is CN(C)C(=O)[C@@H]1CC[C@H](CNC(=O)CCOCc2ccccc2)O1. The van der Waals surface area contributed by atoms with Crippen LogP contribution in [0.3, 0.4) is 0 Å². The predicted octanol–water partition coefficient (Wildman–Crippen LogP) is 1.35. The molecule has 0 aliphatic carbocycles. The summed E-state index contributed by atoms with van der Waals surface area (Å²) in [4.78, 5) is 25.2. The Kier molecular flexibility index (Phi) is 7.21. The molecule has 1 fully saturated rings. The van der Waals surface area contributed by atoms with Crippen molar-refractivity contribution in [2.24, 2.45) is 0 Å². The number of nitrogens with zero attached hydrogens (tertiary/aromatic N) is 1. The number of carbonyl (C=O) groups excluding carboxylic acids is 2. The summed E-state index contributed by atoms with van der Waals surface area (Å²) in [5.41, 5.74) is 1.09. The Morgan fingerprint density at radius 3 is 2.71 bits per heavy atom. The Hall–Kier alpha value is -1.92. The van der Waals surface area contributed by atoms with Gasteiger partial charge in [-0.25, -0.2) is 0 Å². The third kappa shape index (κ3) is 5.94. The number of ether oxygens (including phenoxy) is 2.